The monoisotopic (exact) mass is 349 g/mol. The van der Waals surface area contributed by atoms with E-state index in [2.05, 4.69) is 0 Å². The van der Waals surface area contributed by atoms with Crippen LogP contribution in [-0.4, -0.2) is 46.1 Å². The standard InChI is InChI=1S/C17H19NO5S/c1-18(9-10-21-14-5-3-2-4-6-14)24(19,20)15-7-8-16-17(13-15)23-12-11-22-16/h2-8,13H,9-12H2,1H3. The van der Waals surface area contributed by atoms with Crippen molar-refractivity contribution in [2.75, 3.05) is 33.4 Å². The number of para-hydroxylation sites is 1. The highest BCUT2D eigenvalue weighted by atomic mass is 32.2. The molecule has 1 aliphatic rings. The van der Waals surface area contributed by atoms with Gasteiger partial charge in [0.05, 0.1) is 4.90 Å². The van der Waals surface area contributed by atoms with Gasteiger partial charge in [0.25, 0.3) is 0 Å². The third kappa shape index (κ3) is 3.63. The van der Waals surface area contributed by atoms with E-state index in [-0.39, 0.29) is 18.0 Å². The van der Waals surface area contributed by atoms with Crippen molar-refractivity contribution in [3.63, 3.8) is 0 Å². The summed E-state index contributed by atoms with van der Waals surface area (Å²) in [5.74, 6) is 1.73. The average Bonchev–Trinajstić information content (AvgIpc) is 2.62. The second-order valence-electron chi connectivity index (χ2n) is 5.29. The Hall–Kier alpha value is -2.25. The summed E-state index contributed by atoms with van der Waals surface area (Å²) >= 11 is 0. The predicted octanol–water partition coefficient (Wildman–Crippen LogP) is 2.16. The summed E-state index contributed by atoms with van der Waals surface area (Å²) in [5, 5.41) is 0. The predicted molar refractivity (Wildman–Crippen MR) is 89.2 cm³/mol. The van der Waals surface area contributed by atoms with Gasteiger partial charge in [0.15, 0.2) is 11.5 Å². The number of likely N-dealkylation sites (N-methyl/N-ethyl adjacent to an activating group) is 1. The van der Waals surface area contributed by atoms with E-state index in [4.69, 9.17) is 14.2 Å². The van der Waals surface area contributed by atoms with Crippen LogP contribution in [0.1, 0.15) is 0 Å². The molecule has 6 nitrogen and oxygen atoms in total. The molecule has 3 rings (SSSR count). The van der Waals surface area contributed by atoms with Crippen molar-refractivity contribution in [2.45, 2.75) is 4.90 Å². The minimum Gasteiger partial charge on any atom is -0.492 e. The first kappa shape index (κ1) is 16.6. The fraction of sp³-hybridized carbons (Fsp3) is 0.294. The van der Waals surface area contributed by atoms with Crippen LogP contribution in [0, 0.1) is 0 Å². The maximum Gasteiger partial charge on any atom is 0.243 e. The van der Waals surface area contributed by atoms with Gasteiger partial charge in [-0.05, 0) is 24.3 Å². The van der Waals surface area contributed by atoms with Crippen molar-refractivity contribution in [3.8, 4) is 17.2 Å². The molecule has 0 N–H and O–H groups in total. The molecule has 0 fully saturated rings. The van der Waals surface area contributed by atoms with Crippen molar-refractivity contribution in [2.24, 2.45) is 0 Å². The zero-order chi connectivity index (χ0) is 17.0. The molecule has 0 aromatic heterocycles. The molecule has 0 amide bonds. The van der Waals surface area contributed by atoms with Gasteiger partial charge in [-0.25, -0.2) is 8.42 Å². The molecule has 0 spiro atoms. The van der Waals surface area contributed by atoms with Gasteiger partial charge in [-0.2, -0.15) is 4.31 Å². The fourth-order valence-electron chi connectivity index (χ4n) is 2.29. The molecule has 1 heterocycles. The highest BCUT2D eigenvalue weighted by Crippen LogP contribution is 2.32. The van der Waals surface area contributed by atoms with Crippen molar-refractivity contribution >= 4 is 10.0 Å². The zero-order valence-corrected chi connectivity index (χ0v) is 14.2. The summed E-state index contributed by atoms with van der Waals surface area (Å²) in [6.45, 7) is 1.39. The molecule has 0 unspecified atom stereocenters. The third-order valence-electron chi connectivity index (χ3n) is 3.64. The van der Waals surface area contributed by atoms with Crippen LogP contribution in [0.5, 0.6) is 17.2 Å². The van der Waals surface area contributed by atoms with Crippen LogP contribution in [0.25, 0.3) is 0 Å². The minimum atomic E-state index is -3.61. The Balaban J connectivity index is 1.66. The Bertz CT molecular complexity index is 792. The van der Waals surface area contributed by atoms with Gasteiger partial charge in [0.2, 0.25) is 10.0 Å². The largest absolute Gasteiger partial charge is 0.492 e. The lowest BCUT2D eigenvalue weighted by molar-refractivity contribution is 0.171. The van der Waals surface area contributed by atoms with Gasteiger partial charge in [-0.3, -0.25) is 0 Å². The van der Waals surface area contributed by atoms with E-state index in [1.54, 1.807) is 6.07 Å². The first-order valence-electron chi connectivity index (χ1n) is 7.61. The highest BCUT2D eigenvalue weighted by Gasteiger charge is 2.23. The number of sulfonamides is 1. The SMILES string of the molecule is CN(CCOc1ccccc1)S(=O)(=O)c1ccc2c(c1)OCCO2. The Morgan fingerprint density at radius 2 is 1.75 bits per heavy atom. The van der Waals surface area contributed by atoms with Crippen molar-refractivity contribution in [3.05, 3.63) is 48.5 Å². The Kier molecular flexibility index (Phi) is 4.92. The quantitative estimate of drug-likeness (QED) is 0.800. The lowest BCUT2D eigenvalue weighted by atomic mass is 10.3. The first-order chi connectivity index (χ1) is 11.6. The maximum absolute atomic E-state index is 12.6. The number of ether oxygens (including phenoxy) is 3. The lowest BCUT2D eigenvalue weighted by Crippen LogP contribution is -2.31. The maximum atomic E-state index is 12.6. The highest BCUT2D eigenvalue weighted by molar-refractivity contribution is 7.89. The van der Waals surface area contributed by atoms with E-state index in [9.17, 15) is 8.42 Å². The molecule has 0 saturated heterocycles. The summed E-state index contributed by atoms with van der Waals surface area (Å²) in [6, 6.07) is 13.9. The van der Waals surface area contributed by atoms with E-state index in [0.29, 0.717) is 30.5 Å². The van der Waals surface area contributed by atoms with Gasteiger partial charge in [-0.15, -0.1) is 0 Å². The van der Waals surface area contributed by atoms with Crippen molar-refractivity contribution < 1.29 is 22.6 Å². The zero-order valence-electron chi connectivity index (χ0n) is 13.3. The van der Waals surface area contributed by atoms with E-state index in [0.717, 1.165) is 0 Å². The molecule has 128 valence electrons. The van der Waals surface area contributed by atoms with Crippen LogP contribution >= 0.6 is 0 Å². The summed E-state index contributed by atoms with van der Waals surface area (Å²) in [6.07, 6.45) is 0. The number of nitrogens with zero attached hydrogens (tertiary/aromatic N) is 1. The molecule has 2 aromatic carbocycles. The van der Waals surface area contributed by atoms with E-state index in [1.807, 2.05) is 30.3 Å². The van der Waals surface area contributed by atoms with E-state index >= 15 is 0 Å². The fourth-order valence-corrected chi connectivity index (χ4v) is 3.46. The molecule has 1 aliphatic heterocycles. The summed E-state index contributed by atoms with van der Waals surface area (Å²) in [5.41, 5.74) is 0. The third-order valence-corrected chi connectivity index (χ3v) is 5.49. The second-order valence-corrected chi connectivity index (χ2v) is 7.34. The van der Waals surface area contributed by atoms with Gasteiger partial charge in [0, 0.05) is 19.7 Å². The minimum absolute atomic E-state index is 0.175. The Morgan fingerprint density at radius 3 is 2.50 bits per heavy atom. The van der Waals surface area contributed by atoms with Crippen LogP contribution in [0.2, 0.25) is 0 Å². The van der Waals surface area contributed by atoms with Gasteiger partial charge < -0.3 is 14.2 Å². The Labute approximate surface area is 141 Å². The molecule has 7 heteroatoms. The number of fused-ring (bicyclic) bond motifs is 1. The second kappa shape index (κ2) is 7.11. The van der Waals surface area contributed by atoms with Gasteiger partial charge >= 0.3 is 0 Å². The van der Waals surface area contributed by atoms with Gasteiger partial charge in [-0.1, -0.05) is 18.2 Å². The van der Waals surface area contributed by atoms with Crippen LogP contribution in [0.15, 0.2) is 53.4 Å². The number of hydrogen-bond donors (Lipinski definition) is 0. The normalized spacial score (nSPS) is 13.8. The molecule has 0 aliphatic carbocycles. The molecular weight excluding hydrogens is 330 g/mol. The molecule has 2 aromatic rings. The number of rotatable bonds is 6. The number of benzene rings is 2. The van der Waals surface area contributed by atoms with Crippen molar-refractivity contribution in [1.29, 1.82) is 0 Å². The van der Waals surface area contributed by atoms with Crippen LogP contribution in [0.4, 0.5) is 0 Å². The topological polar surface area (TPSA) is 65.1 Å². The average molecular weight is 349 g/mol. The van der Waals surface area contributed by atoms with E-state index in [1.165, 1.54) is 23.5 Å². The van der Waals surface area contributed by atoms with E-state index < -0.39 is 10.0 Å². The number of hydrogen-bond acceptors (Lipinski definition) is 5. The molecular formula is C17H19NO5S. The Morgan fingerprint density at radius 1 is 1.04 bits per heavy atom. The first-order valence-corrected chi connectivity index (χ1v) is 9.05. The summed E-state index contributed by atoms with van der Waals surface area (Å²) in [7, 11) is -2.08. The smallest absolute Gasteiger partial charge is 0.243 e. The van der Waals surface area contributed by atoms with Crippen LogP contribution in [-0.2, 0) is 10.0 Å². The summed E-state index contributed by atoms with van der Waals surface area (Å²) in [4.78, 5) is 0.175. The molecule has 0 saturated carbocycles. The van der Waals surface area contributed by atoms with Crippen molar-refractivity contribution in [1.82, 2.24) is 4.31 Å². The summed E-state index contributed by atoms with van der Waals surface area (Å²) < 4.78 is 42.9. The molecule has 0 bridgehead atoms. The van der Waals surface area contributed by atoms with Crippen LogP contribution < -0.4 is 14.2 Å². The lowest BCUT2D eigenvalue weighted by Gasteiger charge is -2.21. The molecule has 0 radical (unpaired) electrons. The van der Waals surface area contributed by atoms with Crippen LogP contribution in [0.3, 0.4) is 0 Å². The van der Waals surface area contributed by atoms with Gasteiger partial charge in [0.1, 0.15) is 25.6 Å². The molecule has 0 atom stereocenters. The molecule has 24 heavy (non-hydrogen) atoms.